The quantitative estimate of drug-likeness (QED) is 0.665. The summed E-state index contributed by atoms with van der Waals surface area (Å²) in [6, 6.07) is 10.8. The molecule has 6 nitrogen and oxygen atoms in total. The SMILES string of the molecule is O=C(N[C@@H]1c2ccccc2C[C@@H]1O)c1ccc2cn[nH]c2n1. The monoisotopic (exact) mass is 294 g/mol. The van der Waals surface area contributed by atoms with Crippen LogP contribution in [0.2, 0.25) is 0 Å². The summed E-state index contributed by atoms with van der Waals surface area (Å²) in [5.41, 5.74) is 2.90. The molecule has 1 amide bonds. The number of rotatable bonds is 2. The molecule has 0 unspecified atom stereocenters. The Morgan fingerprint density at radius 2 is 2.14 bits per heavy atom. The lowest BCUT2D eigenvalue weighted by molar-refractivity contribution is 0.0853. The number of carbonyl (C=O) groups is 1. The van der Waals surface area contributed by atoms with E-state index in [1.807, 2.05) is 24.3 Å². The molecule has 3 N–H and O–H groups in total. The highest BCUT2D eigenvalue weighted by atomic mass is 16.3. The molecule has 110 valence electrons. The van der Waals surface area contributed by atoms with E-state index in [9.17, 15) is 9.90 Å². The van der Waals surface area contributed by atoms with Crippen molar-refractivity contribution < 1.29 is 9.90 Å². The molecule has 0 bridgehead atoms. The second-order valence-electron chi connectivity index (χ2n) is 5.43. The van der Waals surface area contributed by atoms with E-state index < -0.39 is 12.1 Å². The van der Waals surface area contributed by atoms with E-state index in [4.69, 9.17) is 0 Å². The van der Waals surface area contributed by atoms with Crippen molar-refractivity contribution in [1.82, 2.24) is 20.5 Å². The van der Waals surface area contributed by atoms with Crippen LogP contribution in [0.1, 0.15) is 27.7 Å². The van der Waals surface area contributed by atoms with E-state index in [0.29, 0.717) is 17.8 Å². The Morgan fingerprint density at radius 3 is 3.05 bits per heavy atom. The number of carbonyl (C=O) groups excluding carboxylic acids is 1. The normalized spacial score (nSPS) is 20.0. The molecule has 2 aromatic heterocycles. The number of H-pyrrole nitrogens is 1. The van der Waals surface area contributed by atoms with Gasteiger partial charge in [0, 0.05) is 11.8 Å². The number of benzene rings is 1. The largest absolute Gasteiger partial charge is 0.390 e. The topological polar surface area (TPSA) is 90.9 Å². The fourth-order valence-electron chi connectivity index (χ4n) is 2.92. The number of aliphatic hydroxyl groups is 1. The van der Waals surface area contributed by atoms with Crippen molar-refractivity contribution in [3.8, 4) is 0 Å². The molecule has 0 spiro atoms. The van der Waals surface area contributed by atoms with E-state index in [2.05, 4.69) is 20.5 Å². The number of aromatic amines is 1. The molecule has 3 aromatic rings. The van der Waals surface area contributed by atoms with Crippen LogP contribution in [0.3, 0.4) is 0 Å². The Labute approximate surface area is 126 Å². The highest BCUT2D eigenvalue weighted by Crippen LogP contribution is 2.31. The van der Waals surface area contributed by atoms with Gasteiger partial charge in [0.1, 0.15) is 5.69 Å². The lowest BCUT2D eigenvalue weighted by Gasteiger charge is -2.17. The van der Waals surface area contributed by atoms with Gasteiger partial charge in [0.05, 0.1) is 18.3 Å². The molecular formula is C16H14N4O2. The molecule has 1 aliphatic carbocycles. The van der Waals surface area contributed by atoms with Crippen molar-refractivity contribution in [3.05, 3.63) is 59.4 Å². The molecule has 2 heterocycles. The minimum atomic E-state index is -0.614. The van der Waals surface area contributed by atoms with Crippen LogP contribution in [0.4, 0.5) is 0 Å². The summed E-state index contributed by atoms with van der Waals surface area (Å²) in [5.74, 6) is -0.308. The van der Waals surface area contributed by atoms with Crippen LogP contribution in [0.5, 0.6) is 0 Å². The van der Waals surface area contributed by atoms with Crippen LogP contribution in [0.15, 0.2) is 42.6 Å². The minimum Gasteiger partial charge on any atom is -0.390 e. The maximum Gasteiger partial charge on any atom is 0.270 e. The fourth-order valence-corrected chi connectivity index (χ4v) is 2.92. The first-order valence-corrected chi connectivity index (χ1v) is 7.09. The van der Waals surface area contributed by atoms with E-state index in [0.717, 1.165) is 16.5 Å². The molecule has 4 rings (SSSR count). The van der Waals surface area contributed by atoms with Gasteiger partial charge in [-0.05, 0) is 23.3 Å². The van der Waals surface area contributed by atoms with Crippen LogP contribution in [-0.2, 0) is 6.42 Å². The summed E-state index contributed by atoms with van der Waals surface area (Å²) in [6.07, 6.45) is 1.59. The third kappa shape index (κ3) is 2.05. The fraction of sp³-hybridized carbons (Fsp3) is 0.188. The predicted octanol–water partition coefficient (Wildman–Crippen LogP) is 1.35. The Bertz CT molecular complexity index is 858. The maximum absolute atomic E-state index is 12.4. The van der Waals surface area contributed by atoms with E-state index in [1.165, 1.54) is 0 Å². The zero-order valence-electron chi connectivity index (χ0n) is 11.7. The Morgan fingerprint density at radius 1 is 1.27 bits per heavy atom. The molecule has 22 heavy (non-hydrogen) atoms. The number of hydrogen-bond donors (Lipinski definition) is 3. The highest BCUT2D eigenvalue weighted by molar-refractivity contribution is 5.94. The smallest absolute Gasteiger partial charge is 0.270 e. The van der Waals surface area contributed by atoms with Crippen LogP contribution in [0.25, 0.3) is 11.0 Å². The van der Waals surface area contributed by atoms with Crippen molar-refractivity contribution in [2.24, 2.45) is 0 Å². The first kappa shape index (κ1) is 13.0. The number of hydrogen-bond acceptors (Lipinski definition) is 4. The van der Waals surface area contributed by atoms with Gasteiger partial charge in [-0.1, -0.05) is 24.3 Å². The predicted molar refractivity (Wildman–Crippen MR) is 80.2 cm³/mol. The summed E-state index contributed by atoms with van der Waals surface area (Å²) in [6.45, 7) is 0. The first-order chi connectivity index (χ1) is 10.7. The summed E-state index contributed by atoms with van der Waals surface area (Å²) in [5, 5.41) is 20.5. The number of fused-ring (bicyclic) bond motifs is 2. The van der Waals surface area contributed by atoms with Crippen LogP contribution in [-0.4, -0.2) is 32.3 Å². The van der Waals surface area contributed by atoms with E-state index >= 15 is 0 Å². The molecule has 0 fully saturated rings. The van der Waals surface area contributed by atoms with Gasteiger partial charge in [0.2, 0.25) is 0 Å². The minimum absolute atomic E-state index is 0.299. The number of nitrogens with zero attached hydrogens (tertiary/aromatic N) is 2. The number of amides is 1. The number of pyridine rings is 1. The highest BCUT2D eigenvalue weighted by Gasteiger charge is 2.32. The van der Waals surface area contributed by atoms with Crippen molar-refractivity contribution in [2.75, 3.05) is 0 Å². The Kier molecular flexibility index (Phi) is 2.90. The van der Waals surface area contributed by atoms with E-state index in [1.54, 1.807) is 18.3 Å². The average molecular weight is 294 g/mol. The molecule has 1 aromatic carbocycles. The van der Waals surface area contributed by atoms with Gasteiger partial charge in [-0.25, -0.2) is 4.98 Å². The third-order valence-corrected chi connectivity index (χ3v) is 4.02. The second-order valence-corrected chi connectivity index (χ2v) is 5.43. The zero-order valence-corrected chi connectivity index (χ0v) is 11.7. The van der Waals surface area contributed by atoms with Crippen LogP contribution >= 0.6 is 0 Å². The molecule has 0 saturated heterocycles. The number of aromatic nitrogens is 3. The van der Waals surface area contributed by atoms with Gasteiger partial charge in [-0.2, -0.15) is 5.10 Å². The molecule has 0 aliphatic heterocycles. The molecule has 2 atom stereocenters. The number of nitrogens with one attached hydrogen (secondary N) is 2. The first-order valence-electron chi connectivity index (χ1n) is 7.09. The van der Waals surface area contributed by atoms with Gasteiger partial charge < -0.3 is 10.4 Å². The molecule has 1 aliphatic rings. The molecule has 6 heteroatoms. The van der Waals surface area contributed by atoms with Gasteiger partial charge in [-0.3, -0.25) is 9.89 Å². The Hall–Kier alpha value is -2.73. The van der Waals surface area contributed by atoms with Crippen LogP contribution in [0, 0.1) is 0 Å². The maximum atomic E-state index is 12.4. The summed E-state index contributed by atoms with van der Waals surface area (Å²) < 4.78 is 0. The standard InChI is InChI=1S/C16H14N4O2/c21-13-7-9-3-1-2-4-11(9)14(13)19-16(22)12-6-5-10-8-17-20-15(10)18-12/h1-6,8,13-14,21H,7H2,(H,19,22)(H,17,18,20)/t13-,14+/m0/s1. The Balaban J connectivity index is 1.61. The number of aliphatic hydroxyl groups excluding tert-OH is 1. The van der Waals surface area contributed by atoms with Crippen molar-refractivity contribution in [3.63, 3.8) is 0 Å². The lowest BCUT2D eigenvalue weighted by atomic mass is 10.1. The molecular weight excluding hydrogens is 280 g/mol. The van der Waals surface area contributed by atoms with Crippen LogP contribution < -0.4 is 5.32 Å². The third-order valence-electron chi connectivity index (χ3n) is 4.02. The summed E-state index contributed by atoms with van der Waals surface area (Å²) >= 11 is 0. The van der Waals surface area contributed by atoms with Crippen molar-refractivity contribution >= 4 is 16.9 Å². The summed E-state index contributed by atoms with van der Waals surface area (Å²) in [4.78, 5) is 16.6. The van der Waals surface area contributed by atoms with Gasteiger partial charge in [0.25, 0.3) is 5.91 Å². The average Bonchev–Trinajstić information content (AvgIpc) is 3.11. The van der Waals surface area contributed by atoms with Gasteiger partial charge in [-0.15, -0.1) is 0 Å². The lowest BCUT2D eigenvalue weighted by Crippen LogP contribution is -2.34. The second kappa shape index (κ2) is 4.92. The molecule has 0 saturated carbocycles. The van der Waals surface area contributed by atoms with Gasteiger partial charge in [0.15, 0.2) is 5.65 Å². The van der Waals surface area contributed by atoms with Crippen molar-refractivity contribution in [1.29, 1.82) is 0 Å². The summed E-state index contributed by atoms with van der Waals surface area (Å²) in [7, 11) is 0. The van der Waals surface area contributed by atoms with Crippen molar-refractivity contribution in [2.45, 2.75) is 18.6 Å². The van der Waals surface area contributed by atoms with Gasteiger partial charge >= 0.3 is 0 Å². The van der Waals surface area contributed by atoms with E-state index in [-0.39, 0.29) is 5.91 Å². The zero-order chi connectivity index (χ0) is 15.1. The molecule has 0 radical (unpaired) electrons.